The number of nitrogens with zero attached hydrogens (tertiary/aromatic N) is 2. The summed E-state index contributed by atoms with van der Waals surface area (Å²) >= 11 is 2.77. The van der Waals surface area contributed by atoms with Gasteiger partial charge in [0.25, 0.3) is 0 Å². The second-order valence-corrected chi connectivity index (χ2v) is 10.2. The van der Waals surface area contributed by atoms with Gasteiger partial charge < -0.3 is 10.6 Å². The Morgan fingerprint density at radius 2 is 1.97 bits per heavy atom. The van der Waals surface area contributed by atoms with E-state index in [-0.39, 0.29) is 29.9 Å². The van der Waals surface area contributed by atoms with E-state index in [4.69, 9.17) is 0 Å². The third-order valence-electron chi connectivity index (χ3n) is 5.72. The molecule has 0 radical (unpaired) electrons. The van der Waals surface area contributed by atoms with Gasteiger partial charge in [-0.05, 0) is 12.0 Å². The summed E-state index contributed by atoms with van der Waals surface area (Å²) in [6, 6.07) is 10.1. The van der Waals surface area contributed by atoms with Crippen LogP contribution in [-0.2, 0) is 29.0 Å². The van der Waals surface area contributed by atoms with E-state index in [2.05, 4.69) is 32.7 Å². The Morgan fingerprint density at radius 1 is 1.18 bits per heavy atom. The average Bonchev–Trinajstić information content (AvgIpc) is 3.44. The first-order valence-corrected chi connectivity index (χ1v) is 12.7. The van der Waals surface area contributed by atoms with Crippen LogP contribution in [0.2, 0.25) is 0 Å². The van der Waals surface area contributed by atoms with Crippen molar-refractivity contribution in [2.75, 3.05) is 5.32 Å². The van der Waals surface area contributed by atoms with E-state index in [1.54, 1.807) is 11.3 Å². The van der Waals surface area contributed by atoms with Gasteiger partial charge in [-0.15, -0.1) is 11.3 Å². The van der Waals surface area contributed by atoms with Crippen molar-refractivity contribution >= 4 is 45.4 Å². The smallest absolute Gasteiger partial charge is 0.228 e. The number of Topliss-reactive ketones (excluding diaryl/α,β-unsaturated/α-hetero) is 1. The van der Waals surface area contributed by atoms with Crippen molar-refractivity contribution in [3.8, 4) is 0 Å². The van der Waals surface area contributed by atoms with E-state index in [0.717, 1.165) is 23.5 Å². The minimum atomic E-state index is -0.465. The van der Waals surface area contributed by atoms with Crippen LogP contribution in [0.3, 0.4) is 0 Å². The number of carbonyl (C=O) groups excluding carboxylic acids is 3. The van der Waals surface area contributed by atoms with Gasteiger partial charge in [0.05, 0.1) is 33.7 Å². The molecule has 172 valence electrons. The van der Waals surface area contributed by atoms with Crippen LogP contribution in [0.4, 0.5) is 5.13 Å². The Morgan fingerprint density at radius 3 is 2.73 bits per heavy atom. The highest BCUT2D eigenvalue weighted by atomic mass is 32.1. The quantitative estimate of drug-likeness (QED) is 0.500. The molecule has 0 bridgehead atoms. The zero-order valence-corrected chi connectivity index (χ0v) is 20.2. The number of hydrogen-bond acceptors (Lipinski definition) is 7. The van der Waals surface area contributed by atoms with Crippen molar-refractivity contribution in [3.05, 3.63) is 62.5 Å². The number of rotatable bonds is 8. The maximum atomic E-state index is 12.8. The van der Waals surface area contributed by atoms with E-state index in [9.17, 15) is 14.4 Å². The number of thiazole rings is 2. The highest BCUT2D eigenvalue weighted by Gasteiger charge is 2.33. The number of ketones is 1. The lowest BCUT2D eigenvalue weighted by molar-refractivity contribution is -0.125. The Bertz CT molecular complexity index is 1160. The Balaban J connectivity index is 1.33. The van der Waals surface area contributed by atoms with Crippen LogP contribution in [0.25, 0.3) is 0 Å². The maximum absolute atomic E-state index is 12.8. The van der Waals surface area contributed by atoms with Crippen LogP contribution >= 0.6 is 22.7 Å². The molecule has 2 atom stereocenters. The molecule has 1 aliphatic rings. The third kappa shape index (κ3) is 5.72. The van der Waals surface area contributed by atoms with E-state index >= 15 is 0 Å². The van der Waals surface area contributed by atoms with Crippen LogP contribution < -0.4 is 10.6 Å². The van der Waals surface area contributed by atoms with Crippen LogP contribution in [0.1, 0.15) is 58.3 Å². The summed E-state index contributed by atoms with van der Waals surface area (Å²) in [6.45, 7) is 4.12. The number of anilines is 1. The maximum Gasteiger partial charge on any atom is 0.228 e. The molecule has 2 heterocycles. The van der Waals surface area contributed by atoms with Gasteiger partial charge in [0.1, 0.15) is 0 Å². The standard InChI is InChI=1S/C24H26N4O3S2/c1-3-14(2)22(30)28-24-27-18-10-16(11-19(29)21(18)33-24)23(31)25-12-17-13-32-20(26-17)9-15-7-5-4-6-8-15/h4-8,13-14,16H,3,9-12H2,1-2H3,(H,25,31)(H,27,28,30)/t14-,16+/m0/s1. The summed E-state index contributed by atoms with van der Waals surface area (Å²) in [5.41, 5.74) is 2.60. The van der Waals surface area contributed by atoms with Crippen LogP contribution in [0, 0.1) is 11.8 Å². The van der Waals surface area contributed by atoms with Crippen molar-refractivity contribution < 1.29 is 14.4 Å². The van der Waals surface area contributed by atoms with E-state index in [1.165, 1.54) is 16.9 Å². The van der Waals surface area contributed by atoms with Crippen molar-refractivity contribution in [2.45, 2.75) is 46.1 Å². The second-order valence-electron chi connectivity index (χ2n) is 8.23. The molecule has 0 spiro atoms. The largest absolute Gasteiger partial charge is 0.350 e. The predicted molar refractivity (Wildman–Crippen MR) is 130 cm³/mol. The average molecular weight is 483 g/mol. The first kappa shape index (κ1) is 23.3. The lowest BCUT2D eigenvalue weighted by atomic mass is 9.89. The van der Waals surface area contributed by atoms with Crippen molar-refractivity contribution in [1.82, 2.24) is 15.3 Å². The molecular weight excluding hydrogens is 456 g/mol. The summed E-state index contributed by atoms with van der Waals surface area (Å²) in [4.78, 5) is 47.1. The molecule has 7 nitrogen and oxygen atoms in total. The lowest BCUT2D eigenvalue weighted by Crippen LogP contribution is -2.35. The number of amides is 2. The monoisotopic (exact) mass is 482 g/mol. The molecule has 3 aromatic rings. The van der Waals surface area contributed by atoms with Crippen LogP contribution in [-0.4, -0.2) is 27.6 Å². The first-order chi connectivity index (χ1) is 15.9. The molecule has 33 heavy (non-hydrogen) atoms. The summed E-state index contributed by atoms with van der Waals surface area (Å²) in [6.07, 6.45) is 2.03. The lowest BCUT2D eigenvalue weighted by Gasteiger charge is -2.19. The van der Waals surface area contributed by atoms with Gasteiger partial charge in [-0.2, -0.15) is 0 Å². The SMILES string of the molecule is CC[C@H](C)C(=O)Nc1nc2c(s1)C(=O)C[C@H](C(=O)NCc1csc(Cc3ccccc3)n1)C2. The molecule has 0 fully saturated rings. The number of aromatic nitrogens is 2. The van der Waals surface area contributed by atoms with Gasteiger partial charge in [-0.1, -0.05) is 55.5 Å². The Labute approximate surface area is 200 Å². The number of fused-ring (bicyclic) bond motifs is 1. The summed E-state index contributed by atoms with van der Waals surface area (Å²) in [5.74, 6) is -0.978. The Kier molecular flexibility index (Phi) is 7.29. The molecule has 0 unspecified atom stereocenters. The predicted octanol–water partition coefficient (Wildman–Crippen LogP) is 4.24. The summed E-state index contributed by atoms with van der Waals surface area (Å²) in [5, 5.41) is 9.08. The number of benzene rings is 1. The molecule has 9 heteroatoms. The van der Waals surface area contributed by atoms with Gasteiger partial charge in [0.15, 0.2) is 10.9 Å². The molecule has 2 aromatic heterocycles. The molecule has 4 rings (SSSR count). The van der Waals surface area contributed by atoms with E-state index in [1.807, 2.05) is 37.4 Å². The normalized spacial score (nSPS) is 16.2. The fraction of sp³-hybridized carbons (Fsp3) is 0.375. The third-order valence-corrected chi connectivity index (χ3v) is 7.68. The zero-order chi connectivity index (χ0) is 23.4. The van der Waals surface area contributed by atoms with E-state index < -0.39 is 5.92 Å². The summed E-state index contributed by atoms with van der Waals surface area (Å²) < 4.78 is 0. The highest BCUT2D eigenvalue weighted by molar-refractivity contribution is 7.17. The van der Waals surface area contributed by atoms with Gasteiger partial charge in [0, 0.05) is 30.6 Å². The fourth-order valence-electron chi connectivity index (χ4n) is 3.59. The van der Waals surface area contributed by atoms with Crippen molar-refractivity contribution in [3.63, 3.8) is 0 Å². The minimum Gasteiger partial charge on any atom is -0.350 e. The zero-order valence-electron chi connectivity index (χ0n) is 18.6. The fourth-order valence-corrected chi connectivity index (χ4v) is 5.36. The first-order valence-electron chi connectivity index (χ1n) is 11.0. The number of nitrogens with one attached hydrogen (secondary N) is 2. The van der Waals surface area contributed by atoms with Crippen molar-refractivity contribution in [1.29, 1.82) is 0 Å². The topological polar surface area (TPSA) is 101 Å². The molecule has 0 aliphatic heterocycles. The molecular formula is C24H26N4O3S2. The number of carbonyl (C=O) groups is 3. The minimum absolute atomic E-state index is 0.100. The van der Waals surface area contributed by atoms with Gasteiger partial charge in [0.2, 0.25) is 11.8 Å². The molecule has 2 N–H and O–H groups in total. The molecule has 0 saturated heterocycles. The van der Waals surface area contributed by atoms with Crippen LogP contribution in [0.15, 0.2) is 35.7 Å². The summed E-state index contributed by atoms with van der Waals surface area (Å²) in [7, 11) is 0. The number of hydrogen-bond donors (Lipinski definition) is 2. The van der Waals surface area contributed by atoms with Gasteiger partial charge in [-0.25, -0.2) is 9.97 Å². The molecule has 2 amide bonds. The second kappa shape index (κ2) is 10.4. The highest BCUT2D eigenvalue weighted by Crippen LogP contribution is 2.32. The molecule has 1 aliphatic carbocycles. The molecule has 0 saturated carbocycles. The Hall–Kier alpha value is -2.91. The van der Waals surface area contributed by atoms with Crippen LogP contribution in [0.5, 0.6) is 0 Å². The van der Waals surface area contributed by atoms with Crippen molar-refractivity contribution in [2.24, 2.45) is 11.8 Å². The van der Waals surface area contributed by atoms with E-state index in [0.29, 0.717) is 28.7 Å². The van der Waals surface area contributed by atoms with Gasteiger partial charge in [-0.3, -0.25) is 14.4 Å². The molecule has 1 aromatic carbocycles. The van der Waals surface area contributed by atoms with Gasteiger partial charge >= 0.3 is 0 Å².